The molecule has 0 saturated carbocycles. The van der Waals surface area contributed by atoms with E-state index in [4.69, 9.17) is 18.0 Å². The van der Waals surface area contributed by atoms with Gasteiger partial charge in [-0.05, 0) is 13.8 Å². The second kappa shape index (κ2) is 5.26. The van der Waals surface area contributed by atoms with Crippen LogP contribution in [-0.2, 0) is 0 Å². The molecule has 1 aromatic heterocycles. The molecule has 78 valence electrons. The van der Waals surface area contributed by atoms with Gasteiger partial charge in [0.05, 0.1) is 10.7 Å². The first-order chi connectivity index (χ1) is 6.63. The number of hydrogen-bond donors (Lipinski definition) is 1. The molecule has 0 fully saturated rings. The largest absolute Gasteiger partial charge is 0.393 e. The van der Waals surface area contributed by atoms with Crippen LogP contribution in [0.2, 0.25) is 0 Å². The first-order valence-electron chi connectivity index (χ1n) is 4.59. The van der Waals surface area contributed by atoms with Gasteiger partial charge in [-0.3, -0.25) is 0 Å². The van der Waals surface area contributed by atoms with Gasteiger partial charge >= 0.3 is 0 Å². The fourth-order valence-corrected chi connectivity index (χ4v) is 2.11. The summed E-state index contributed by atoms with van der Waals surface area (Å²) in [5.74, 6) is 0. The number of thiocarbonyl (C=S) groups is 1. The van der Waals surface area contributed by atoms with Crippen LogP contribution in [0.25, 0.3) is 0 Å². The summed E-state index contributed by atoms with van der Waals surface area (Å²) < 4.78 is 0. The highest BCUT2D eigenvalue weighted by Gasteiger charge is 2.07. The molecule has 0 aliphatic carbocycles. The Morgan fingerprint density at radius 1 is 1.71 bits per heavy atom. The summed E-state index contributed by atoms with van der Waals surface area (Å²) in [5, 5.41) is 3.11. The molecule has 0 aliphatic heterocycles. The summed E-state index contributed by atoms with van der Waals surface area (Å²) in [5.41, 5.74) is 6.53. The van der Waals surface area contributed by atoms with E-state index in [1.807, 2.05) is 6.92 Å². The molecule has 1 heterocycles. The van der Waals surface area contributed by atoms with Gasteiger partial charge in [-0.25, -0.2) is 4.98 Å². The standard InChI is InChI=1S/C9H15N3S2/c1-3-12(5-4-8(10)13)9-11-7(2)6-14-9/h6H,3-5H2,1-2H3,(H2,10,13). The lowest BCUT2D eigenvalue weighted by molar-refractivity contribution is 0.830. The van der Waals surface area contributed by atoms with Gasteiger partial charge in [0.25, 0.3) is 0 Å². The van der Waals surface area contributed by atoms with Crippen molar-refractivity contribution in [3.63, 3.8) is 0 Å². The lowest BCUT2D eigenvalue weighted by Crippen LogP contribution is -2.27. The average molecular weight is 229 g/mol. The Balaban J connectivity index is 2.58. The minimum Gasteiger partial charge on any atom is -0.393 e. The van der Waals surface area contributed by atoms with Crippen molar-refractivity contribution in [1.29, 1.82) is 0 Å². The zero-order valence-electron chi connectivity index (χ0n) is 8.49. The SMILES string of the molecule is CCN(CCC(N)=S)c1nc(C)cs1. The predicted octanol–water partition coefficient (Wildman–Crippen LogP) is 1.95. The summed E-state index contributed by atoms with van der Waals surface area (Å²) >= 11 is 6.52. The van der Waals surface area contributed by atoms with Crippen molar-refractivity contribution in [2.45, 2.75) is 20.3 Å². The minimum atomic E-state index is 0.566. The first kappa shape index (κ1) is 11.4. The van der Waals surface area contributed by atoms with E-state index >= 15 is 0 Å². The van der Waals surface area contributed by atoms with E-state index in [0.29, 0.717) is 4.99 Å². The van der Waals surface area contributed by atoms with Crippen molar-refractivity contribution in [3.05, 3.63) is 11.1 Å². The number of anilines is 1. The van der Waals surface area contributed by atoms with Crippen molar-refractivity contribution in [1.82, 2.24) is 4.98 Å². The summed E-state index contributed by atoms with van der Waals surface area (Å²) in [7, 11) is 0. The van der Waals surface area contributed by atoms with Gasteiger partial charge in [0.15, 0.2) is 5.13 Å². The molecule has 5 heteroatoms. The van der Waals surface area contributed by atoms with E-state index in [-0.39, 0.29) is 0 Å². The smallest absolute Gasteiger partial charge is 0.185 e. The predicted molar refractivity (Wildman–Crippen MR) is 66.1 cm³/mol. The maximum absolute atomic E-state index is 5.47. The van der Waals surface area contributed by atoms with Crippen molar-refractivity contribution >= 4 is 33.7 Å². The maximum atomic E-state index is 5.47. The van der Waals surface area contributed by atoms with Crippen LogP contribution in [0.1, 0.15) is 19.0 Å². The molecule has 0 aromatic carbocycles. The van der Waals surface area contributed by atoms with Crippen LogP contribution >= 0.6 is 23.6 Å². The second-order valence-corrected chi connectivity index (χ2v) is 4.43. The van der Waals surface area contributed by atoms with Gasteiger partial charge < -0.3 is 10.6 Å². The lowest BCUT2D eigenvalue weighted by Gasteiger charge is -2.18. The van der Waals surface area contributed by atoms with Gasteiger partial charge in [0, 0.05) is 24.9 Å². The molecule has 14 heavy (non-hydrogen) atoms. The maximum Gasteiger partial charge on any atom is 0.185 e. The number of nitrogens with zero attached hydrogens (tertiary/aromatic N) is 2. The van der Waals surface area contributed by atoms with E-state index in [1.165, 1.54) is 0 Å². The monoisotopic (exact) mass is 229 g/mol. The van der Waals surface area contributed by atoms with Gasteiger partial charge in [0.2, 0.25) is 0 Å². The number of rotatable bonds is 5. The Morgan fingerprint density at radius 3 is 2.86 bits per heavy atom. The molecule has 3 nitrogen and oxygen atoms in total. The molecular weight excluding hydrogens is 214 g/mol. The summed E-state index contributed by atoms with van der Waals surface area (Å²) in [6, 6.07) is 0. The molecular formula is C9H15N3S2. The molecule has 1 rings (SSSR count). The van der Waals surface area contributed by atoms with E-state index < -0.39 is 0 Å². The molecule has 2 N–H and O–H groups in total. The topological polar surface area (TPSA) is 42.1 Å². The van der Waals surface area contributed by atoms with Crippen LogP contribution in [0.3, 0.4) is 0 Å². The Morgan fingerprint density at radius 2 is 2.43 bits per heavy atom. The number of hydrogen-bond acceptors (Lipinski definition) is 4. The van der Waals surface area contributed by atoms with Crippen LogP contribution in [0.5, 0.6) is 0 Å². The molecule has 0 bridgehead atoms. The molecule has 0 spiro atoms. The molecule has 0 radical (unpaired) electrons. The number of nitrogens with two attached hydrogens (primary N) is 1. The van der Waals surface area contributed by atoms with E-state index in [9.17, 15) is 0 Å². The molecule has 0 saturated heterocycles. The van der Waals surface area contributed by atoms with Crippen LogP contribution in [0.4, 0.5) is 5.13 Å². The van der Waals surface area contributed by atoms with E-state index in [0.717, 1.165) is 30.3 Å². The quantitative estimate of drug-likeness (QED) is 0.784. The van der Waals surface area contributed by atoms with Crippen LogP contribution < -0.4 is 10.6 Å². The van der Waals surface area contributed by atoms with Gasteiger partial charge in [-0.2, -0.15) is 0 Å². The van der Waals surface area contributed by atoms with Crippen LogP contribution in [-0.4, -0.2) is 23.1 Å². The van der Waals surface area contributed by atoms with Crippen molar-refractivity contribution in [2.75, 3.05) is 18.0 Å². The second-order valence-electron chi connectivity index (χ2n) is 3.07. The zero-order chi connectivity index (χ0) is 10.6. The summed E-state index contributed by atoms with van der Waals surface area (Å²) in [6.45, 7) is 5.91. The molecule has 0 aliphatic rings. The molecule has 0 amide bonds. The molecule has 1 aromatic rings. The number of thiazole rings is 1. The normalized spacial score (nSPS) is 10.1. The number of aromatic nitrogens is 1. The highest BCUT2D eigenvalue weighted by molar-refractivity contribution is 7.80. The summed E-state index contributed by atoms with van der Waals surface area (Å²) in [6.07, 6.45) is 0.752. The van der Waals surface area contributed by atoms with Crippen molar-refractivity contribution < 1.29 is 0 Å². The van der Waals surface area contributed by atoms with Gasteiger partial charge in [0.1, 0.15) is 0 Å². The third-order valence-corrected chi connectivity index (χ3v) is 3.11. The van der Waals surface area contributed by atoms with Crippen molar-refractivity contribution in [2.24, 2.45) is 5.73 Å². The first-order valence-corrected chi connectivity index (χ1v) is 5.87. The zero-order valence-corrected chi connectivity index (χ0v) is 10.1. The highest BCUT2D eigenvalue weighted by atomic mass is 32.1. The van der Waals surface area contributed by atoms with Gasteiger partial charge in [-0.1, -0.05) is 12.2 Å². The highest BCUT2D eigenvalue weighted by Crippen LogP contribution is 2.19. The van der Waals surface area contributed by atoms with E-state index in [2.05, 4.69) is 22.2 Å². The number of aryl methyl sites for hydroxylation is 1. The Hall–Kier alpha value is -0.680. The Bertz CT molecular complexity index is 309. The van der Waals surface area contributed by atoms with Gasteiger partial charge in [-0.15, -0.1) is 11.3 Å². The van der Waals surface area contributed by atoms with Crippen LogP contribution in [0.15, 0.2) is 5.38 Å². The molecule has 0 unspecified atom stereocenters. The Labute approximate surface area is 93.9 Å². The fraction of sp³-hybridized carbons (Fsp3) is 0.556. The van der Waals surface area contributed by atoms with Crippen molar-refractivity contribution in [3.8, 4) is 0 Å². The third kappa shape index (κ3) is 3.23. The minimum absolute atomic E-state index is 0.566. The lowest BCUT2D eigenvalue weighted by atomic mass is 10.4. The summed E-state index contributed by atoms with van der Waals surface area (Å²) in [4.78, 5) is 7.18. The van der Waals surface area contributed by atoms with Crippen LogP contribution in [0, 0.1) is 6.92 Å². The third-order valence-electron chi connectivity index (χ3n) is 1.89. The molecule has 0 atom stereocenters. The fourth-order valence-electron chi connectivity index (χ4n) is 1.12. The average Bonchev–Trinajstić information content (AvgIpc) is 2.53. The Kier molecular flexibility index (Phi) is 4.28. The van der Waals surface area contributed by atoms with E-state index in [1.54, 1.807) is 11.3 Å².